The molecule has 1 aromatic rings. The summed E-state index contributed by atoms with van der Waals surface area (Å²) in [6, 6.07) is 1.89. The lowest BCUT2D eigenvalue weighted by atomic mass is 10.3. The Morgan fingerprint density at radius 1 is 1.75 bits per heavy atom. The molecule has 0 N–H and O–H groups in total. The summed E-state index contributed by atoms with van der Waals surface area (Å²) in [5.41, 5.74) is 0.971. The summed E-state index contributed by atoms with van der Waals surface area (Å²) >= 11 is 3.30. The molecule has 0 radical (unpaired) electrons. The van der Waals surface area contributed by atoms with E-state index in [1.165, 1.54) is 0 Å². The third-order valence-corrected chi connectivity index (χ3v) is 2.06. The Hall–Kier alpha value is -0.840. The molecule has 0 aliphatic rings. The first-order chi connectivity index (χ1) is 5.59. The van der Waals surface area contributed by atoms with Crippen LogP contribution < -0.4 is 0 Å². The van der Waals surface area contributed by atoms with Gasteiger partial charge in [0, 0.05) is 28.3 Å². The normalized spacial score (nSPS) is 10.2. The van der Waals surface area contributed by atoms with Crippen LogP contribution in [-0.4, -0.2) is 16.0 Å². The van der Waals surface area contributed by atoms with Gasteiger partial charge in [0.15, 0.2) is 0 Å². The number of halogens is 1. The molecule has 0 fully saturated rings. The largest absolute Gasteiger partial charge is 0.353 e. The van der Waals surface area contributed by atoms with Crippen LogP contribution in [0.1, 0.15) is 5.69 Å². The maximum Gasteiger partial charge on any atom is 0.209 e. The van der Waals surface area contributed by atoms with E-state index in [0.717, 1.165) is 10.2 Å². The minimum absolute atomic E-state index is 0.00963. The van der Waals surface area contributed by atoms with Crippen molar-refractivity contribution >= 4 is 15.9 Å². The first-order valence-corrected chi connectivity index (χ1v) is 4.31. The second-order valence-corrected chi connectivity index (χ2v) is 3.48. The van der Waals surface area contributed by atoms with Crippen LogP contribution in [0.15, 0.2) is 16.7 Å². The minimum Gasteiger partial charge on any atom is -0.353 e. The van der Waals surface area contributed by atoms with Crippen LogP contribution in [0, 0.1) is 10.1 Å². The van der Waals surface area contributed by atoms with Gasteiger partial charge in [0.25, 0.3) is 0 Å². The van der Waals surface area contributed by atoms with E-state index in [2.05, 4.69) is 15.9 Å². The summed E-state index contributed by atoms with van der Waals surface area (Å²) in [6.07, 6.45) is 2.37. The van der Waals surface area contributed by atoms with E-state index in [1.54, 1.807) is 0 Å². The van der Waals surface area contributed by atoms with Gasteiger partial charge in [-0.25, -0.2) is 0 Å². The molecule has 0 aliphatic carbocycles. The molecular weight excluding hydrogens is 224 g/mol. The lowest BCUT2D eigenvalue weighted by Gasteiger charge is -1.97. The highest BCUT2D eigenvalue weighted by atomic mass is 79.9. The van der Waals surface area contributed by atoms with Gasteiger partial charge in [-0.05, 0) is 22.0 Å². The number of hydrogen-bond donors (Lipinski definition) is 0. The van der Waals surface area contributed by atoms with Gasteiger partial charge in [-0.2, -0.15) is 0 Å². The third-order valence-electron chi connectivity index (χ3n) is 1.63. The molecule has 4 nitrogen and oxygen atoms in total. The van der Waals surface area contributed by atoms with Gasteiger partial charge in [0.1, 0.15) is 0 Å². The number of nitrogens with zero attached hydrogens (tertiary/aromatic N) is 2. The van der Waals surface area contributed by atoms with Crippen molar-refractivity contribution in [3.05, 3.63) is 32.5 Å². The molecule has 0 atom stereocenters. The first-order valence-electron chi connectivity index (χ1n) is 3.52. The first kappa shape index (κ1) is 9.25. The second-order valence-electron chi connectivity index (χ2n) is 2.57. The molecule has 0 unspecified atom stereocenters. The van der Waals surface area contributed by atoms with E-state index in [9.17, 15) is 10.1 Å². The topological polar surface area (TPSA) is 48.1 Å². The fourth-order valence-electron chi connectivity index (χ4n) is 1.02. The van der Waals surface area contributed by atoms with Crippen molar-refractivity contribution in [3.63, 3.8) is 0 Å². The molecule has 1 aromatic heterocycles. The Morgan fingerprint density at radius 2 is 2.42 bits per heavy atom. The summed E-state index contributed by atoms with van der Waals surface area (Å²) in [5.74, 6) is 0. The smallest absolute Gasteiger partial charge is 0.209 e. The third kappa shape index (κ3) is 2.34. The van der Waals surface area contributed by atoms with E-state index in [0.29, 0.717) is 6.42 Å². The zero-order chi connectivity index (χ0) is 9.14. The number of aromatic nitrogens is 1. The van der Waals surface area contributed by atoms with Gasteiger partial charge in [-0.3, -0.25) is 10.1 Å². The van der Waals surface area contributed by atoms with Gasteiger partial charge < -0.3 is 4.57 Å². The van der Waals surface area contributed by atoms with E-state index in [1.807, 2.05) is 23.9 Å². The lowest BCUT2D eigenvalue weighted by molar-refractivity contribution is -0.479. The van der Waals surface area contributed by atoms with Crippen molar-refractivity contribution in [1.82, 2.24) is 4.57 Å². The molecule has 12 heavy (non-hydrogen) atoms. The lowest BCUT2D eigenvalue weighted by Crippen LogP contribution is -2.06. The van der Waals surface area contributed by atoms with Crippen LogP contribution in [0.25, 0.3) is 0 Å². The Morgan fingerprint density at radius 3 is 2.83 bits per heavy atom. The van der Waals surface area contributed by atoms with E-state index in [-0.39, 0.29) is 11.5 Å². The molecule has 0 aromatic carbocycles. The fraction of sp³-hybridized carbons (Fsp3) is 0.429. The van der Waals surface area contributed by atoms with E-state index in [4.69, 9.17) is 0 Å². The Bertz CT molecular complexity index is 296. The van der Waals surface area contributed by atoms with Gasteiger partial charge >= 0.3 is 0 Å². The highest BCUT2D eigenvalue weighted by Crippen LogP contribution is 2.13. The molecule has 66 valence electrons. The summed E-state index contributed by atoms with van der Waals surface area (Å²) in [6.45, 7) is -0.00963. The van der Waals surface area contributed by atoms with Crippen molar-refractivity contribution in [3.8, 4) is 0 Å². The zero-order valence-electron chi connectivity index (χ0n) is 6.66. The quantitative estimate of drug-likeness (QED) is 0.588. The van der Waals surface area contributed by atoms with Crippen LogP contribution in [0.4, 0.5) is 0 Å². The number of rotatable bonds is 3. The van der Waals surface area contributed by atoms with Crippen molar-refractivity contribution in [2.75, 3.05) is 6.54 Å². The van der Waals surface area contributed by atoms with Gasteiger partial charge in [0.2, 0.25) is 6.54 Å². The predicted molar refractivity (Wildman–Crippen MR) is 48.7 cm³/mol. The Balaban J connectivity index is 2.62. The summed E-state index contributed by atoms with van der Waals surface area (Å²) in [7, 11) is 1.88. The summed E-state index contributed by atoms with van der Waals surface area (Å²) < 4.78 is 2.84. The molecule has 5 heteroatoms. The van der Waals surface area contributed by atoms with Gasteiger partial charge in [0.05, 0.1) is 6.42 Å². The molecule has 0 aliphatic heterocycles. The Labute approximate surface area is 78.5 Å². The van der Waals surface area contributed by atoms with Gasteiger partial charge in [-0.1, -0.05) is 0 Å². The van der Waals surface area contributed by atoms with Crippen molar-refractivity contribution in [1.29, 1.82) is 0 Å². The average Bonchev–Trinajstić information content (AvgIpc) is 2.26. The monoisotopic (exact) mass is 232 g/mol. The van der Waals surface area contributed by atoms with E-state index < -0.39 is 0 Å². The average molecular weight is 233 g/mol. The predicted octanol–water partition coefficient (Wildman–Crippen LogP) is 1.61. The number of nitro groups is 1. The highest BCUT2D eigenvalue weighted by molar-refractivity contribution is 9.10. The summed E-state index contributed by atoms with van der Waals surface area (Å²) in [5, 5.41) is 10.1. The van der Waals surface area contributed by atoms with E-state index >= 15 is 0 Å². The van der Waals surface area contributed by atoms with Crippen LogP contribution in [0.2, 0.25) is 0 Å². The molecule has 0 bridgehead atoms. The number of aryl methyl sites for hydroxylation is 1. The van der Waals surface area contributed by atoms with Crippen LogP contribution in [-0.2, 0) is 13.5 Å². The highest BCUT2D eigenvalue weighted by Gasteiger charge is 2.04. The van der Waals surface area contributed by atoms with Crippen molar-refractivity contribution in [2.24, 2.45) is 7.05 Å². The van der Waals surface area contributed by atoms with Crippen LogP contribution >= 0.6 is 15.9 Å². The van der Waals surface area contributed by atoms with Crippen molar-refractivity contribution in [2.45, 2.75) is 6.42 Å². The molecule has 0 amide bonds. The molecule has 0 saturated heterocycles. The molecule has 0 saturated carbocycles. The minimum atomic E-state index is -0.305. The standard InChI is InChI=1S/C7H9BrN2O2/c1-9-5-6(8)4-7(9)2-3-10(11)12/h4-5H,2-3H2,1H3. The molecule has 0 spiro atoms. The van der Waals surface area contributed by atoms with Gasteiger partial charge in [-0.15, -0.1) is 0 Å². The van der Waals surface area contributed by atoms with Crippen molar-refractivity contribution < 1.29 is 4.92 Å². The number of hydrogen-bond acceptors (Lipinski definition) is 2. The second kappa shape index (κ2) is 3.71. The van der Waals surface area contributed by atoms with Crippen LogP contribution in [0.3, 0.4) is 0 Å². The van der Waals surface area contributed by atoms with Crippen LogP contribution in [0.5, 0.6) is 0 Å². The molecule has 1 rings (SSSR count). The molecule has 1 heterocycles. The maximum absolute atomic E-state index is 10.1. The summed E-state index contributed by atoms with van der Waals surface area (Å²) in [4.78, 5) is 9.77. The SMILES string of the molecule is Cn1cc(Br)cc1CC[N+](=O)[O-]. The zero-order valence-corrected chi connectivity index (χ0v) is 8.24. The fourth-order valence-corrected chi connectivity index (χ4v) is 1.59. The maximum atomic E-state index is 10.1. The Kier molecular flexibility index (Phi) is 2.86. The molecular formula is C7H9BrN2O2.